The Labute approximate surface area is 118 Å². The van der Waals surface area contributed by atoms with Crippen LogP contribution >= 0.6 is 11.6 Å². The minimum Gasteiger partial charge on any atom is -0.361 e. The monoisotopic (exact) mass is 307 g/mol. The Morgan fingerprint density at radius 1 is 1.35 bits per heavy atom. The van der Waals surface area contributed by atoms with Gasteiger partial charge in [0.05, 0.1) is 12.1 Å². The number of nitrogens with zero attached hydrogens (tertiary/aromatic N) is 2. The lowest BCUT2D eigenvalue weighted by atomic mass is 10.2. The van der Waals surface area contributed by atoms with E-state index >= 15 is 0 Å². The average Bonchev–Trinajstić information content (AvgIpc) is 2.88. The van der Waals surface area contributed by atoms with E-state index in [2.05, 4.69) is 10.3 Å². The third kappa shape index (κ3) is 3.75. The summed E-state index contributed by atoms with van der Waals surface area (Å²) in [6, 6.07) is 1.58. The lowest BCUT2D eigenvalue weighted by molar-refractivity contribution is -0.137. The maximum atomic E-state index is 12.6. The molecule has 0 aliphatic carbocycles. The van der Waals surface area contributed by atoms with Crippen molar-refractivity contribution in [3.63, 3.8) is 0 Å². The quantitative estimate of drug-likeness (QED) is 0.873. The summed E-state index contributed by atoms with van der Waals surface area (Å²) in [5, 5.41) is 2.32. The zero-order chi connectivity index (χ0) is 14.8. The molecule has 1 aliphatic rings. The lowest BCUT2D eigenvalue weighted by Gasteiger charge is -2.16. The number of amides is 1. The first kappa shape index (κ1) is 14.9. The third-order valence-electron chi connectivity index (χ3n) is 3.00. The maximum absolute atomic E-state index is 12.6. The fourth-order valence-corrected chi connectivity index (χ4v) is 2.20. The Balaban J connectivity index is 2.02. The number of anilines is 1. The van der Waals surface area contributed by atoms with Crippen molar-refractivity contribution < 1.29 is 18.0 Å². The average molecular weight is 308 g/mol. The predicted molar refractivity (Wildman–Crippen MR) is 68.6 cm³/mol. The van der Waals surface area contributed by atoms with E-state index < -0.39 is 11.7 Å². The number of hydrogen-bond acceptors (Lipinski definition) is 3. The molecule has 20 heavy (non-hydrogen) atoms. The predicted octanol–water partition coefficient (Wildman–Crippen LogP) is 2.79. The van der Waals surface area contributed by atoms with Crippen molar-refractivity contribution in [3.8, 4) is 0 Å². The van der Waals surface area contributed by atoms with Gasteiger partial charge in [-0.05, 0) is 25.0 Å². The fourth-order valence-electron chi connectivity index (χ4n) is 2.00. The van der Waals surface area contributed by atoms with E-state index in [-0.39, 0.29) is 23.4 Å². The van der Waals surface area contributed by atoms with Crippen LogP contribution in [-0.4, -0.2) is 35.4 Å². The Morgan fingerprint density at radius 2 is 2.00 bits per heavy atom. The number of carbonyl (C=O) groups is 1. The number of aromatic nitrogens is 1. The zero-order valence-electron chi connectivity index (χ0n) is 10.5. The van der Waals surface area contributed by atoms with E-state index in [9.17, 15) is 18.0 Å². The van der Waals surface area contributed by atoms with E-state index in [1.165, 1.54) is 0 Å². The minimum absolute atomic E-state index is 0.0580. The molecule has 0 radical (unpaired) electrons. The number of alkyl halides is 3. The zero-order valence-corrected chi connectivity index (χ0v) is 11.3. The highest BCUT2D eigenvalue weighted by atomic mass is 35.5. The molecule has 0 unspecified atom stereocenters. The molecule has 1 aromatic rings. The third-order valence-corrected chi connectivity index (χ3v) is 3.19. The highest BCUT2D eigenvalue weighted by molar-refractivity contribution is 6.29. The van der Waals surface area contributed by atoms with Crippen LogP contribution in [0.4, 0.5) is 19.0 Å². The summed E-state index contributed by atoms with van der Waals surface area (Å²) in [7, 11) is 0. The van der Waals surface area contributed by atoms with Crippen molar-refractivity contribution in [1.82, 2.24) is 9.88 Å². The summed E-state index contributed by atoms with van der Waals surface area (Å²) < 4.78 is 37.8. The molecule has 0 aromatic carbocycles. The van der Waals surface area contributed by atoms with Crippen molar-refractivity contribution in [3.05, 3.63) is 22.8 Å². The van der Waals surface area contributed by atoms with Gasteiger partial charge in [0.1, 0.15) is 11.0 Å². The molecule has 2 heterocycles. The van der Waals surface area contributed by atoms with Gasteiger partial charge in [0.15, 0.2) is 0 Å². The van der Waals surface area contributed by atoms with Gasteiger partial charge in [0.25, 0.3) is 0 Å². The van der Waals surface area contributed by atoms with E-state index in [0.717, 1.165) is 25.0 Å². The topological polar surface area (TPSA) is 45.2 Å². The molecule has 1 N–H and O–H groups in total. The number of nitrogens with one attached hydrogen (secondary N) is 1. The van der Waals surface area contributed by atoms with Gasteiger partial charge in [-0.1, -0.05) is 11.6 Å². The summed E-state index contributed by atoms with van der Waals surface area (Å²) in [5.41, 5.74) is -0.895. The van der Waals surface area contributed by atoms with Gasteiger partial charge in [-0.3, -0.25) is 4.79 Å². The van der Waals surface area contributed by atoms with Crippen LogP contribution in [0.1, 0.15) is 18.4 Å². The standard InChI is InChI=1S/C12H13ClF3N3O/c13-9-5-8(12(14,15)16)6-10(18-9)17-7-11(20)19-3-1-2-4-19/h5-6H,1-4,7H2,(H,17,18). The van der Waals surface area contributed by atoms with Crippen LogP contribution in [0.25, 0.3) is 0 Å². The van der Waals surface area contributed by atoms with Crippen molar-refractivity contribution in [2.24, 2.45) is 0 Å². The van der Waals surface area contributed by atoms with Gasteiger partial charge in [-0.25, -0.2) is 4.98 Å². The van der Waals surface area contributed by atoms with Gasteiger partial charge in [0, 0.05) is 13.1 Å². The van der Waals surface area contributed by atoms with Crippen molar-refractivity contribution in [1.29, 1.82) is 0 Å². The molecule has 0 atom stereocenters. The van der Waals surface area contributed by atoms with E-state index in [4.69, 9.17) is 11.6 Å². The van der Waals surface area contributed by atoms with Crippen molar-refractivity contribution in [2.75, 3.05) is 25.0 Å². The largest absolute Gasteiger partial charge is 0.416 e. The molecule has 8 heteroatoms. The molecule has 110 valence electrons. The van der Waals surface area contributed by atoms with Crippen LogP contribution < -0.4 is 5.32 Å². The molecule has 1 aromatic heterocycles. The number of hydrogen-bond donors (Lipinski definition) is 1. The summed E-state index contributed by atoms with van der Waals surface area (Å²) in [6.07, 6.45) is -2.58. The fraction of sp³-hybridized carbons (Fsp3) is 0.500. The van der Waals surface area contributed by atoms with Crippen molar-refractivity contribution >= 4 is 23.3 Å². The van der Waals surface area contributed by atoms with Crippen LogP contribution in [0.2, 0.25) is 5.15 Å². The number of carbonyl (C=O) groups excluding carboxylic acids is 1. The molecule has 0 spiro atoms. The molecule has 1 fully saturated rings. The molecule has 0 bridgehead atoms. The summed E-state index contributed by atoms with van der Waals surface area (Å²) in [4.78, 5) is 17.2. The molecular formula is C12H13ClF3N3O. The summed E-state index contributed by atoms with van der Waals surface area (Å²) in [5.74, 6) is -0.213. The Kier molecular flexibility index (Phi) is 4.37. The smallest absolute Gasteiger partial charge is 0.361 e. The molecule has 1 aliphatic heterocycles. The second-order valence-electron chi connectivity index (χ2n) is 4.50. The molecule has 2 rings (SSSR count). The molecular weight excluding hydrogens is 295 g/mol. The van der Waals surface area contributed by atoms with Crippen molar-refractivity contribution in [2.45, 2.75) is 19.0 Å². The van der Waals surface area contributed by atoms with E-state index in [0.29, 0.717) is 13.1 Å². The molecule has 1 saturated heterocycles. The van der Waals surface area contributed by atoms with E-state index in [1.54, 1.807) is 4.90 Å². The van der Waals surface area contributed by atoms with E-state index in [1.807, 2.05) is 0 Å². The lowest BCUT2D eigenvalue weighted by Crippen LogP contribution is -2.33. The second-order valence-corrected chi connectivity index (χ2v) is 4.89. The second kappa shape index (κ2) is 5.87. The maximum Gasteiger partial charge on any atom is 0.416 e. The van der Waals surface area contributed by atoms with Crippen LogP contribution in [0.3, 0.4) is 0 Å². The van der Waals surface area contributed by atoms with Crippen LogP contribution in [0.15, 0.2) is 12.1 Å². The minimum atomic E-state index is -4.50. The Hall–Kier alpha value is -1.50. The molecule has 0 saturated carbocycles. The number of likely N-dealkylation sites (tertiary alicyclic amines) is 1. The Bertz CT molecular complexity index is 501. The first-order valence-electron chi connectivity index (χ1n) is 6.13. The van der Waals surface area contributed by atoms with Gasteiger partial charge >= 0.3 is 6.18 Å². The van der Waals surface area contributed by atoms with Gasteiger partial charge in [-0.2, -0.15) is 13.2 Å². The number of rotatable bonds is 3. The SMILES string of the molecule is O=C(CNc1cc(C(F)(F)F)cc(Cl)n1)N1CCCC1. The van der Waals surface area contributed by atoms with Crippen LogP contribution in [0.5, 0.6) is 0 Å². The van der Waals surface area contributed by atoms with Crippen LogP contribution in [-0.2, 0) is 11.0 Å². The van der Waals surface area contributed by atoms with Crippen LogP contribution in [0, 0.1) is 0 Å². The van der Waals surface area contributed by atoms with Gasteiger partial charge in [0.2, 0.25) is 5.91 Å². The summed E-state index contributed by atoms with van der Waals surface area (Å²) >= 11 is 5.55. The molecule has 1 amide bonds. The number of pyridine rings is 1. The molecule has 4 nitrogen and oxygen atoms in total. The normalized spacial score (nSPS) is 15.5. The number of halogens is 4. The first-order valence-corrected chi connectivity index (χ1v) is 6.50. The summed E-state index contributed by atoms with van der Waals surface area (Å²) in [6.45, 7) is 1.29. The van der Waals surface area contributed by atoms with Gasteiger partial charge in [-0.15, -0.1) is 0 Å². The Morgan fingerprint density at radius 3 is 2.60 bits per heavy atom. The van der Waals surface area contributed by atoms with Gasteiger partial charge < -0.3 is 10.2 Å². The highest BCUT2D eigenvalue weighted by Crippen LogP contribution is 2.31. The highest BCUT2D eigenvalue weighted by Gasteiger charge is 2.31. The first-order chi connectivity index (χ1) is 9.36.